The number of thiophene rings is 1. The van der Waals surface area contributed by atoms with Crippen LogP contribution in [-0.4, -0.2) is 62.8 Å². The van der Waals surface area contributed by atoms with Crippen LogP contribution in [0.2, 0.25) is 0 Å². The number of hydrogen-bond acceptors (Lipinski definition) is 7. The van der Waals surface area contributed by atoms with Crippen LogP contribution < -0.4 is 14.5 Å². The van der Waals surface area contributed by atoms with Gasteiger partial charge in [-0.15, -0.1) is 11.3 Å². The molecule has 8 heteroatoms. The lowest BCUT2D eigenvalue weighted by atomic mass is 9.77. The molecule has 0 saturated carbocycles. The molecule has 1 fully saturated rings. The highest BCUT2D eigenvalue weighted by Gasteiger charge is 2.37. The molecular formula is C40H57N3O4S. The summed E-state index contributed by atoms with van der Waals surface area (Å²) in [6, 6.07) is 14.9. The molecule has 1 amide bonds. The maximum atomic E-state index is 13.2. The monoisotopic (exact) mass is 675 g/mol. The molecule has 0 unspecified atom stereocenters. The van der Waals surface area contributed by atoms with Gasteiger partial charge in [0.15, 0.2) is 6.73 Å². The molecule has 7 nitrogen and oxygen atoms in total. The lowest BCUT2D eigenvalue weighted by Crippen LogP contribution is -2.46. The molecule has 3 heterocycles. The predicted octanol–water partition coefficient (Wildman–Crippen LogP) is 9.32. The number of amides is 1. The summed E-state index contributed by atoms with van der Waals surface area (Å²) in [7, 11) is 0. The van der Waals surface area contributed by atoms with E-state index in [1.54, 1.807) is 4.90 Å². The fourth-order valence-electron chi connectivity index (χ4n) is 7.12. The van der Waals surface area contributed by atoms with E-state index in [-0.39, 0.29) is 24.0 Å². The van der Waals surface area contributed by atoms with Gasteiger partial charge in [0.1, 0.15) is 5.75 Å². The normalized spacial score (nSPS) is 16.4. The third-order valence-electron chi connectivity index (χ3n) is 10.0. The number of anilines is 2. The van der Waals surface area contributed by atoms with E-state index in [9.17, 15) is 9.59 Å². The van der Waals surface area contributed by atoms with Gasteiger partial charge in [-0.2, -0.15) is 0 Å². The fraction of sp³-hybridized carbons (Fsp3) is 0.600. The molecule has 1 aromatic heterocycles. The third-order valence-corrected chi connectivity index (χ3v) is 10.9. The van der Waals surface area contributed by atoms with E-state index in [1.807, 2.05) is 23.5 Å². The van der Waals surface area contributed by atoms with Gasteiger partial charge in [-0.25, -0.2) is 0 Å². The Labute approximate surface area is 292 Å². The smallest absolute Gasteiger partial charge is 0.307 e. The van der Waals surface area contributed by atoms with Crippen LogP contribution in [0.15, 0.2) is 47.8 Å². The van der Waals surface area contributed by atoms with Crippen molar-refractivity contribution in [2.45, 2.75) is 110 Å². The zero-order valence-electron chi connectivity index (χ0n) is 29.6. The number of esters is 1. The molecule has 262 valence electrons. The van der Waals surface area contributed by atoms with Crippen LogP contribution >= 0.6 is 11.3 Å². The number of nitrogens with zero attached hydrogens (tertiary/aromatic N) is 3. The number of carbonyl (C=O) groups is 2. The second-order valence-electron chi connectivity index (χ2n) is 14.3. The average Bonchev–Trinajstić information content (AvgIpc) is 3.57. The van der Waals surface area contributed by atoms with Gasteiger partial charge in [-0.1, -0.05) is 84.3 Å². The topological polar surface area (TPSA) is 62.3 Å². The summed E-state index contributed by atoms with van der Waals surface area (Å²) in [4.78, 5) is 32.5. The number of unbranched alkanes of at least 4 members (excludes halogenated alkanes) is 9. The van der Waals surface area contributed by atoms with Crippen molar-refractivity contribution in [3.8, 4) is 5.75 Å². The van der Waals surface area contributed by atoms with Gasteiger partial charge in [0.05, 0.1) is 12.3 Å². The summed E-state index contributed by atoms with van der Waals surface area (Å²) >= 11 is 1.81. The number of carbonyl (C=O) groups excluding carboxylic acids is 2. The van der Waals surface area contributed by atoms with E-state index >= 15 is 0 Å². The first kappa shape index (κ1) is 36.2. The molecule has 0 atom stereocenters. The molecule has 1 saturated heterocycles. The van der Waals surface area contributed by atoms with Crippen molar-refractivity contribution in [2.75, 3.05) is 55.9 Å². The Bertz CT molecular complexity index is 1460. The molecular weight excluding hydrogens is 619 g/mol. The summed E-state index contributed by atoms with van der Waals surface area (Å²) in [5.41, 5.74) is 2.95. The lowest BCUT2D eigenvalue weighted by Gasteiger charge is -2.38. The molecule has 0 spiro atoms. The number of benzene rings is 2. The molecule has 0 N–H and O–H groups in total. The van der Waals surface area contributed by atoms with Crippen molar-refractivity contribution in [3.05, 3.63) is 53.4 Å². The summed E-state index contributed by atoms with van der Waals surface area (Å²) < 4.78 is 13.2. The van der Waals surface area contributed by atoms with Gasteiger partial charge in [-0.3, -0.25) is 19.4 Å². The Morgan fingerprint density at radius 3 is 2.38 bits per heavy atom. The number of piperazine rings is 1. The maximum absolute atomic E-state index is 13.2. The number of ether oxygens (including phenoxy) is 2. The Kier molecular flexibility index (Phi) is 13.6. The fourth-order valence-corrected chi connectivity index (χ4v) is 7.93. The van der Waals surface area contributed by atoms with E-state index in [1.165, 1.54) is 60.7 Å². The summed E-state index contributed by atoms with van der Waals surface area (Å²) in [5.74, 6) is 0.500. The summed E-state index contributed by atoms with van der Waals surface area (Å²) in [6.45, 7) is 12.4. The van der Waals surface area contributed by atoms with Gasteiger partial charge in [-0.05, 0) is 61.0 Å². The van der Waals surface area contributed by atoms with Crippen molar-refractivity contribution in [3.63, 3.8) is 0 Å². The van der Waals surface area contributed by atoms with E-state index in [0.717, 1.165) is 75.4 Å². The second-order valence-corrected chi connectivity index (χ2v) is 15.2. The quantitative estimate of drug-likeness (QED) is 0.0933. The minimum Gasteiger partial charge on any atom is -0.494 e. The van der Waals surface area contributed by atoms with Crippen molar-refractivity contribution < 1.29 is 19.1 Å². The molecule has 48 heavy (non-hydrogen) atoms. The van der Waals surface area contributed by atoms with Crippen LogP contribution in [0.25, 0.3) is 10.1 Å². The molecule has 3 aromatic rings. The van der Waals surface area contributed by atoms with Crippen LogP contribution in [0.3, 0.4) is 0 Å². The highest BCUT2D eigenvalue weighted by Crippen LogP contribution is 2.42. The molecule has 2 aliphatic rings. The predicted molar refractivity (Wildman–Crippen MR) is 200 cm³/mol. The molecule has 0 bridgehead atoms. The zero-order chi connectivity index (χ0) is 33.8. The first-order valence-electron chi connectivity index (χ1n) is 18.5. The maximum Gasteiger partial charge on any atom is 0.307 e. The Morgan fingerprint density at radius 1 is 0.854 bits per heavy atom. The zero-order valence-corrected chi connectivity index (χ0v) is 30.5. The van der Waals surface area contributed by atoms with E-state index in [4.69, 9.17) is 9.47 Å². The Hall–Kier alpha value is -3.10. The average molecular weight is 676 g/mol. The van der Waals surface area contributed by atoms with Crippen molar-refractivity contribution >= 4 is 44.7 Å². The highest BCUT2D eigenvalue weighted by atomic mass is 32.1. The SMILES string of the molecule is CCCCCCCCCCCC(=O)OCN1C(=O)CC(C)(C)c2ccc(OCCCCN3CCN(c4cccc5sccc45)CC3)cc21. The largest absolute Gasteiger partial charge is 0.494 e. The first-order valence-corrected chi connectivity index (χ1v) is 19.4. The highest BCUT2D eigenvalue weighted by molar-refractivity contribution is 7.17. The van der Waals surface area contributed by atoms with Crippen molar-refractivity contribution in [1.29, 1.82) is 0 Å². The second kappa shape index (κ2) is 18.1. The van der Waals surface area contributed by atoms with E-state index in [0.29, 0.717) is 19.4 Å². The van der Waals surface area contributed by atoms with Crippen LogP contribution in [0.5, 0.6) is 5.75 Å². The number of rotatable bonds is 19. The molecule has 5 rings (SSSR count). The lowest BCUT2D eigenvalue weighted by molar-refractivity contribution is -0.144. The van der Waals surface area contributed by atoms with Crippen LogP contribution in [0.1, 0.15) is 110 Å². The minimum atomic E-state index is -0.289. The Morgan fingerprint density at radius 2 is 1.60 bits per heavy atom. The summed E-state index contributed by atoms with van der Waals surface area (Å²) in [6.07, 6.45) is 13.7. The van der Waals surface area contributed by atoms with E-state index < -0.39 is 0 Å². The standard InChI is InChI=1S/C40H57N3O4S/c1-4-5-6-7-8-9-10-11-12-18-39(45)47-31-43-36-29-32(19-20-34(36)40(2,3)30-38(43)44)46-27-14-13-22-41-23-25-42(26-24-41)35-16-15-17-37-33(35)21-28-48-37/h15-17,19-21,28-29H,4-14,18,22-27,30-31H2,1-3H3. The van der Waals surface area contributed by atoms with E-state index in [2.05, 4.69) is 66.3 Å². The molecule has 2 aromatic carbocycles. The van der Waals surface area contributed by atoms with Crippen molar-refractivity contribution in [2.24, 2.45) is 0 Å². The van der Waals surface area contributed by atoms with Crippen LogP contribution in [-0.2, 0) is 19.7 Å². The van der Waals surface area contributed by atoms with Gasteiger partial charge in [0.25, 0.3) is 0 Å². The van der Waals surface area contributed by atoms with Crippen molar-refractivity contribution in [1.82, 2.24) is 4.90 Å². The Balaban J connectivity index is 1.02. The van der Waals surface area contributed by atoms with Gasteiger partial charge in [0, 0.05) is 66.3 Å². The van der Waals surface area contributed by atoms with Gasteiger partial charge < -0.3 is 14.4 Å². The van der Waals surface area contributed by atoms with Crippen LogP contribution in [0.4, 0.5) is 11.4 Å². The summed E-state index contributed by atoms with van der Waals surface area (Å²) in [5, 5.41) is 3.56. The first-order chi connectivity index (χ1) is 23.4. The van der Waals surface area contributed by atoms with Crippen LogP contribution in [0, 0.1) is 0 Å². The van der Waals surface area contributed by atoms with Gasteiger partial charge >= 0.3 is 5.97 Å². The molecule has 0 radical (unpaired) electrons. The third kappa shape index (κ3) is 9.97. The van der Waals surface area contributed by atoms with Gasteiger partial charge in [0.2, 0.25) is 5.91 Å². The molecule has 2 aliphatic heterocycles. The minimum absolute atomic E-state index is 0.0207. The number of fused-ring (bicyclic) bond motifs is 2. The number of hydrogen-bond donors (Lipinski definition) is 0. The molecule has 0 aliphatic carbocycles.